The van der Waals surface area contributed by atoms with Gasteiger partial charge in [-0.25, -0.2) is 0 Å². The topological polar surface area (TPSA) is 63.4 Å². The van der Waals surface area contributed by atoms with Gasteiger partial charge < -0.3 is 5.73 Å². The minimum atomic E-state index is -0.535. The summed E-state index contributed by atoms with van der Waals surface area (Å²) in [6, 6.07) is 7.30. The lowest BCUT2D eigenvalue weighted by Crippen LogP contribution is -2.55. The predicted octanol–water partition coefficient (Wildman–Crippen LogP) is 3.55. The maximum absolute atomic E-state index is 13.4. The molecule has 4 nitrogen and oxygen atoms in total. The van der Waals surface area contributed by atoms with Crippen LogP contribution in [-0.4, -0.2) is 22.2 Å². The number of hydrogen-bond acceptors (Lipinski definition) is 2. The van der Waals surface area contributed by atoms with Gasteiger partial charge >= 0.3 is 0 Å². The Morgan fingerprint density at radius 3 is 2.50 bits per heavy atom. The molecule has 0 radical (unpaired) electrons. The van der Waals surface area contributed by atoms with Crippen molar-refractivity contribution in [2.24, 2.45) is 23.0 Å². The highest BCUT2D eigenvalue weighted by atomic mass is 79.9. The van der Waals surface area contributed by atoms with Crippen LogP contribution in [0.25, 0.3) is 0 Å². The van der Waals surface area contributed by atoms with Gasteiger partial charge in [-0.2, -0.15) is 0 Å². The minimum Gasteiger partial charge on any atom is -0.368 e. The summed E-state index contributed by atoms with van der Waals surface area (Å²) in [5.74, 6) is 1.18. The molecule has 1 aliphatic heterocycles. The number of rotatable bonds is 3. The van der Waals surface area contributed by atoms with E-state index >= 15 is 0 Å². The molecule has 2 N–H and O–H groups in total. The maximum atomic E-state index is 13.4. The third-order valence-electron chi connectivity index (χ3n) is 7.21. The summed E-state index contributed by atoms with van der Waals surface area (Å²) in [6.07, 6.45) is 8.36. The van der Waals surface area contributed by atoms with E-state index in [1.807, 2.05) is 24.3 Å². The standard InChI is InChI=1S/C21H25BrN2O2/c22-21-9-13-5-14(10-21)8-20(7-13,12-21)11-18(25)24-16-4-2-1-3-15(16)6-17(24)19(23)26/h1-4,13-14,17H,5-12H2,(H2,23,26)/t13?,14?,17-,20?,21?/m0/s1. The molecule has 2 unspecified atom stereocenters. The number of anilines is 1. The van der Waals surface area contributed by atoms with E-state index in [9.17, 15) is 9.59 Å². The van der Waals surface area contributed by atoms with E-state index in [0.717, 1.165) is 29.5 Å². The number of fused-ring (bicyclic) bond motifs is 1. The van der Waals surface area contributed by atoms with Gasteiger partial charge in [-0.15, -0.1) is 0 Å². The van der Waals surface area contributed by atoms with E-state index in [4.69, 9.17) is 5.73 Å². The second kappa shape index (κ2) is 5.57. The fourth-order valence-corrected chi connectivity index (χ4v) is 8.38. The zero-order chi connectivity index (χ0) is 18.1. The van der Waals surface area contributed by atoms with Crippen molar-refractivity contribution in [3.8, 4) is 0 Å². The number of carbonyl (C=O) groups excluding carboxylic acids is 2. The highest BCUT2D eigenvalue weighted by Crippen LogP contribution is 2.65. The lowest BCUT2D eigenvalue weighted by atomic mass is 9.48. The minimum absolute atomic E-state index is 0.0804. The van der Waals surface area contributed by atoms with Crippen LogP contribution in [0.2, 0.25) is 0 Å². The summed E-state index contributed by atoms with van der Waals surface area (Å²) in [6.45, 7) is 0. The van der Waals surface area contributed by atoms with Gasteiger partial charge in [0.2, 0.25) is 11.8 Å². The third kappa shape index (κ3) is 2.54. The maximum Gasteiger partial charge on any atom is 0.240 e. The lowest BCUT2D eigenvalue weighted by molar-refractivity contribution is -0.128. The van der Waals surface area contributed by atoms with Crippen LogP contribution in [0.1, 0.15) is 50.5 Å². The van der Waals surface area contributed by atoms with Crippen LogP contribution in [0, 0.1) is 17.3 Å². The largest absolute Gasteiger partial charge is 0.368 e. The van der Waals surface area contributed by atoms with Gasteiger partial charge in [0.25, 0.3) is 0 Å². The van der Waals surface area contributed by atoms with E-state index in [1.54, 1.807) is 4.90 Å². The molecular weight excluding hydrogens is 392 g/mol. The highest BCUT2D eigenvalue weighted by Gasteiger charge is 2.57. The van der Waals surface area contributed by atoms with Gasteiger partial charge in [0.15, 0.2) is 0 Å². The van der Waals surface area contributed by atoms with Crippen LogP contribution < -0.4 is 10.6 Å². The molecule has 4 aliphatic carbocycles. The highest BCUT2D eigenvalue weighted by molar-refractivity contribution is 9.10. The summed E-state index contributed by atoms with van der Waals surface area (Å²) >= 11 is 4.03. The van der Waals surface area contributed by atoms with Gasteiger partial charge in [0.1, 0.15) is 6.04 Å². The van der Waals surface area contributed by atoms with Gasteiger partial charge in [-0.3, -0.25) is 14.5 Å². The molecule has 5 heteroatoms. The lowest BCUT2D eigenvalue weighted by Gasteiger charge is -2.60. The molecule has 138 valence electrons. The van der Waals surface area contributed by atoms with Gasteiger partial charge in [-0.05, 0) is 67.4 Å². The van der Waals surface area contributed by atoms with Crippen LogP contribution in [0.3, 0.4) is 0 Å². The SMILES string of the molecule is NC(=O)[C@@H]1Cc2ccccc2N1C(=O)CC12CC3CC(CC(Br)(C3)C1)C2. The van der Waals surface area contributed by atoms with E-state index in [0.29, 0.717) is 12.8 Å². The van der Waals surface area contributed by atoms with Crippen molar-refractivity contribution in [3.63, 3.8) is 0 Å². The van der Waals surface area contributed by atoms with Crippen molar-refractivity contribution in [2.45, 2.75) is 61.7 Å². The first-order valence-electron chi connectivity index (χ1n) is 9.75. The molecule has 26 heavy (non-hydrogen) atoms. The second-order valence-corrected chi connectivity index (χ2v) is 11.0. The van der Waals surface area contributed by atoms with Crippen LogP contribution in [0.5, 0.6) is 0 Å². The number of hydrogen-bond donors (Lipinski definition) is 1. The molecule has 4 bridgehead atoms. The first kappa shape index (κ1) is 16.8. The van der Waals surface area contributed by atoms with Crippen molar-refractivity contribution in [1.29, 1.82) is 0 Å². The molecule has 4 fully saturated rings. The Morgan fingerprint density at radius 2 is 1.85 bits per heavy atom. The molecule has 0 aromatic heterocycles. The van der Waals surface area contributed by atoms with Crippen molar-refractivity contribution in [3.05, 3.63) is 29.8 Å². The third-order valence-corrected chi connectivity index (χ3v) is 8.14. The number of para-hydroxylation sites is 1. The molecule has 3 atom stereocenters. The van der Waals surface area contributed by atoms with Gasteiger partial charge in [0, 0.05) is 22.9 Å². The summed E-state index contributed by atoms with van der Waals surface area (Å²) in [4.78, 5) is 27.1. The Hall–Kier alpha value is -1.36. The monoisotopic (exact) mass is 416 g/mol. The van der Waals surface area contributed by atoms with Crippen molar-refractivity contribution in [1.82, 2.24) is 0 Å². The number of nitrogens with zero attached hydrogens (tertiary/aromatic N) is 1. The fourth-order valence-electron chi connectivity index (χ4n) is 6.87. The number of halogens is 1. The Labute approximate surface area is 162 Å². The van der Waals surface area contributed by atoms with E-state index in [1.165, 1.54) is 32.1 Å². The zero-order valence-electron chi connectivity index (χ0n) is 14.9. The number of nitrogens with two attached hydrogens (primary N) is 1. The molecule has 4 saturated carbocycles. The van der Waals surface area contributed by atoms with Crippen molar-refractivity contribution in [2.75, 3.05) is 4.90 Å². The molecule has 0 spiro atoms. The molecule has 0 saturated heterocycles. The van der Waals surface area contributed by atoms with Crippen molar-refractivity contribution >= 4 is 33.4 Å². The average molecular weight is 417 g/mol. The van der Waals surface area contributed by atoms with E-state index in [2.05, 4.69) is 15.9 Å². The van der Waals surface area contributed by atoms with Crippen LogP contribution >= 0.6 is 15.9 Å². The second-order valence-electron chi connectivity index (χ2n) is 9.30. The predicted molar refractivity (Wildman–Crippen MR) is 104 cm³/mol. The Kier molecular flexibility index (Phi) is 3.60. The van der Waals surface area contributed by atoms with Crippen LogP contribution in [0.4, 0.5) is 5.69 Å². The van der Waals surface area contributed by atoms with Gasteiger partial charge in [-0.1, -0.05) is 34.1 Å². The molecule has 2 amide bonds. The Morgan fingerprint density at radius 1 is 1.15 bits per heavy atom. The van der Waals surface area contributed by atoms with Gasteiger partial charge in [0.05, 0.1) is 0 Å². The Balaban J connectivity index is 1.44. The summed E-state index contributed by atoms with van der Waals surface area (Å²) in [5.41, 5.74) is 7.67. The Bertz CT molecular complexity index is 778. The summed E-state index contributed by atoms with van der Waals surface area (Å²) < 4.78 is 0.239. The number of primary amides is 1. The van der Waals surface area contributed by atoms with Crippen LogP contribution in [-0.2, 0) is 16.0 Å². The average Bonchev–Trinajstić information content (AvgIpc) is 2.91. The smallest absolute Gasteiger partial charge is 0.240 e. The molecule has 1 heterocycles. The quantitative estimate of drug-likeness (QED) is 0.765. The molecule has 6 rings (SSSR count). The number of amides is 2. The number of alkyl halides is 1. The molecule has 1 aromatic carbocycles. The number of benzene rings is 1. The van der Waals surface area contributed by atoms with Crippen LogP contribution in [0.15, 0.2) is 24.3 Å². The first-order chi connectivity index (χ1) is 12.4. The first-order valence-corrected chi connectivity index (χ1v) is 10.5. The normalized spacial score (nSPS) is 39.9. The van der Waals surface area contributed by atoms with E-state index in [-0.39, 0.29) is 15.6 Å². The number of carbonyl (C=O) groups is 2. The molecule has 1 aromatic rings. The molecular formula is C21H25BrN2O2. The zero-order valence-corrected chi connectivity index (χ0v) is 16.5. The summed E-state index contributed by atoms with van der Waals surface area (Å²) in [7, 11) is 0. The summed E-state index contributed by atoms with van der Waals surface area (Å²) in [5, 5.41) is 0. The van der Waals surface area contributed by atoms with Crippen molar-refractivity contribution < 1.29 is 9.59 Å². The molecule has 5 aliphatic rings. The fraction of sp³-hybridized carbons (Fsp3) is 0.619. The van der Waals surface area contributed by atoms with E-state index < -0.39 is 11.9 Å².